The smallest absolute Gasteiger partial charge is 0.240 e. The molecule has 0 aliphatic rings. The predicted octanol–water partition coefficient (Wildman–Crippen LogP) is 2.04. The van der Waals surface area contributed by atoms with Gasteiger partial charge in [-0.1, -0.05) is 45.1 Å². The highest BCUT2D eigenvalue weighted by Crippen LogP contribution is 2.18. The minimum absolute atomic E-state index is 0.0954. The number of benzene rings is 1. The molecule has 0 fully saturated rings. The van der Waals surface area contributed by atoms with E-state index in [1.54, 1.807) is 12.1 Å². The first-order valence-corrected chi connectivity index (χ1v) is 7.90. The first-order valence-electron chi connectivity index (χ1n) is 6.01. The van der Waals surface area contributed by atoms with Crippen LogP contribution in [-0.2, 0) is 10.0 Å². The fraction of sp³-hybridized carbons (Fsp3) is 0.462. The van der Waals surface area contributed by atoms with Gasteiger partial charge in [-0.3, -0.25) is 0 Å². The molecule has 106 valence electrons. The van der Waals surface area contributed by atoms with Crippen LogP contribution in [-0.4, -0.2) is 20.0 Å². The lowest BCUT2D eigenvalue weighted by atomic mass is 9.93. The third-order valence-corrected chi connectivity index (χ3v) is 4.33. The Morgan fingerprint density at radius 1 is 1.26 bits per heavy atom. The first kappa shape index (κ1) is 16.1. The Balaban J connectivity index is 2.75. The van der Waals surface area contributed by atoms with Gasteiger partial charge in [-0.2, -0.15) is 0 Å². The van der Waals surface area contributed by atoms with Gasteiger partial charge < -0.3 is 5.73 Å². The van der Waals surface area contributed by atoms with Gasteiger partial charge in [0.15, 0.2) is 0 Å². The van der Waals surface area contributed by atoms with Crippen LogP contribution in [0.1, 0.15) is 32.8 Å². The maximum atomic E-state index is 12.0. The zero-order chi connectivity index (χ0) is 14.7. The molecule has 0 aliphatic carbocycles. The SMILES string of the molecule is CC(C)(C)CCNS(=O)(=O)c1ccc(C(N)=S)cc1. The van der Waals surface area contributed by atoms with E-state index in [4.69, 9.17) is 18.0 Å². The average Bonchev–Trinajstić information content (AvgIpc) is 2.27. The number of sulfonamides is 1. The van der Waals surface area contributed by atoms with Gasteiger partial charge in [0, 0.05) is 12.1 Å². The van der Waals surface area contributed by atoms with Crippen molar-refractivity contribution in [3.8, 4) is 0 Å². The second-order valence-electron chi connectivity index (χ2n) is 5.60. The molecule has 0 saturated carbocycles. The van der Waals surface area contributed by atoms with Gasteiger partial charge in [-0.25, -0.2) is 13.1 Å². The van der Waals surface area contributed by atoms with Crippen LogP contribution >= 0.6 is 12.2 Å². The van der Waals surface area contributed by atoms with Crippen molar-refractivity contribution < 1.29 is 8.42 Å². The normalized spacial score (nSPS) is 12.4. The minimum atomic E-state index is -3.46. The number of rotatable bonds is 5. The lowest BCUT2D eigenvalue weighted by Gasteiger charge is -2.18. The summed E-state index contributed by atoms with van der Waals surface area (Å²) in [6, 6.07) is 6.24. The summed E-state index contributed by atoms with van der Waals surface area (Å²) in [5, 5.41) is 0. The van der Waals surface area contributed by atoms with Crippen molar-refractivity contribution in [1.29, 1.82) is 0 Å². The number of hydrogen-bond donors (Lipinski definition) is 2. The van der Waals surface area contributed by atoms with Crippen molar-refractivity contribution in [3.05, 3.63) is 29.8 Å². The maximum Gasteiger partial charge on any atom is 0.240 e. The molecule has 0 aromatic heterocycles. The van der Waals surface area contributed by atoms with Crippen LogP contribution in [0.2, 0.25) is 0 Å². The Morgan fingerprint density at radius 2 is 1.79 bits per heavy atom. The summed E-state index contributed by atoms with van der Waals surface area (Å²) in [6.45, 7) is 6.62. The van der Waals surface area contributed by atoms with Gasteiger partial charge in [0.1, 0.15) is 4.99 Å². The van der Waals surface area contributed by atoms with E-state index in [9.17, 15) is 8.42 Å². The number of hydrogen-bond acceptors (Lipinski definition) is 3. The molecule has 0 spiro atoms. The topological polar surface area (TPSA) is 72.2 Å². The summed E-state index contributed by atoms with van der Waals surface area (Å²) >= 11 is 4.82. The average molecular weight is 300 g/mol. The lowest BCUT2D eigenvalue weighted by Crippen LogP contribution is -2.27. The van der Waals surface area contributed by atoms with Crippen molar-refractivity contribution in [1.82, 2.24) is 4.72 Å². The highest BCUT2D eigenvalue weighted by molar-refractivity contribution is 7.89. The van der Waals surface area contributed by atoms with Crippen molar-refractivity contribution in [2.75, 3.05) is 6.54 Å². The molecular formula is C13H20N2O2S2. The summed E-state index contributed by atoms with van der Waals surface area (Å²) in [5.41, 5.74) is 6.22. The highest BCUT2D eigenvalue weighted by Gasteiger charge is 2.16. The van der Waals surface area contributed by atoms with Crippen LogP contribution in [0.3, 0.4) is 0 Å². The van der Waals surface area contributed by atoms with Crippen molar-refractivity contribution >= 4 is 27.2 Å². The van der Waals surface area contributed by atoms with Gasteiger partial charge in [0.25, 0.3) is 0 Å². The van der Waals surface area contributed by atoms with Crippen LogP contribution in [0.25, 0.3) is 0 Å². The Kier molecular flexibility index (Phi) is 5.06. The maximum absolute atomic E-state index is 12.0. The molecule has 0 saturated heterocycles. The number of nitrogens with one attached hydrogen (secondary N) is 1. The molecule has 1 aromatic carbocycles. The van der Waals surface area contributed by atoms with Gasteiger partial charge in [0.05, 0.1) is 4.90 Å². The fourth-order valence-corrected chi connectivity index (χ4v) is 2.61. The number of nitrogens with two attached hydrogens (primary N) is 1. The molecular weight excluding hydrogens is 280 g/mol. The third kappa shape index (κ3) is 5.26. The summed E-state index contributed by atoms with van der Waals surface area (Å²) in [4.78, 5) is 0.478. The second-order valence-corrected chi connectivity index (χ2v) is 7.80. The van der Waals surface area contributed by atoms with E-state index in [1.165, 1.54) is 12.1 Å². The van der Waals surface area contributed by atoms with Gasteiger partial charge in [-0.15, -0.1) is 0 Å². The molecule has 0 bridgehead atoms. The second kappa shape index (κ2) is 5.98. The van der Waals surface area contributed by atoms with Crippen LogP contribution in [0.4, 0.5) is 0 Å². The quantitative estimate of drug-likeness (QED) is 0.816. The summed E-state index contributed by atoms with van der Waals surface area (Å²) in [5.74, 6) is 0. The summed E-state index contributed by atoms with van der Waals surface area (Å²) < 4.78 is 26.6. The molecule has 0 atom stereocenters. The fourth-order valence-electron chi connectivity index (χ4n) is 1.44. The van der Waals surface area contributed by atoms with Gasteiger partial charge in [0.2, 0.25) is 10.0 Å². The van der Waals surface area contributed by atoms with Gasteiger partial charge in [-0.05, 0) is 24.0 Å². The number of thiocarbonyl (C=S) groups is 1. The molecule has 6 heteroatoms. The molecule has 19 heavy (non-hydrogen) atoms. The molecule has 1 aromatic rings. The molecule has 3 N–H and O–H groups in total. The molecule has 0 aliphatic heterocycles. The van der Waals surface area contributed by atoms with E-state index in [0.717, 1.165) is 6.42 Å². The van der Waals surface area contributed by atoms with Crippen molar-refractivity contribution in [2.24, 2.45) is 11.1 Å². The zero-order valence-corrected chi connectivity index (χ0v) is 13.1. The Bertz CT molecular complexity index is 543. The van der Waals surface area contributed by atoms with Crippen LogP contribution < -0.4 is 10.5 Å². The minimum Gasteiger partial charge on any atom is -0.389 e. The van der Waals surface area contributed by atoms with E-state index in [2.05, 4.69) is 25.5 Å². The van der Waals surface area contributed by atoms with E-state index in [0.29, 0.717) is 12.1 Å². The van der Waals surface area contributed by atoms with Crippen LogP contribution in [0.15, 0.2) is 29.2 Å². The Labute approximate surface area is 120 Å². The monoisotopic (exact) mass is 300 g/mol. The van der Waals surface area contributed by atoms with E-state index >= 15 is 0 Å². The van der Waals surface area contributed by atoms with E-state index < -0.39 is 10.0 Å². The lowest BCUT2D eigenvalue weighted by molar-refractivity contribution is 0.378. The molecule has 4 nitrogen and oxygen atoms in total. The molecule has 1 rings (SSSR count). The largest absolute Gasteiger partial charge is 0.389 e. The van der Waals surface area contributed by atoms with Crippen molar-refractivity contribution in [3.63, 3.8) is 0 Å². The standard InChI is InChI=1S/C13H20N2O2S2/c1-13(2,3)8-9-15-19(16,17)11-6-4-10(5-7-11)12(14)18/h4-7,15H,8-9H2,1-3H3,(H2,14,18). The first-order chi connectivity index (χ1) is 8.62. The van der Waals surface area contributed by atoms with Crippen LogP contribution in [0, 0.1) is 5.41 Å². The molecule has 0 heterocycles. The molecule has 0 amide bonds. The predicted molar refractivity (Wildman–Crippen MR) is 81.6 cm³/mol. The van der Waals surface area contributed by atoms with E-state index in [-0.39, 0.29) is 15.3 Å². The molecule has 0 unspecified atom stereocenters. The van der Waals surface area contributed by atoms with Crippen LogP contribution in [0.5, 0.6) is 0 Å². The Morgan fingerprint density at radius 3 is 2.21 bits per heavy atom. The molecule has 0 radical (unpaired) electrons. The van der Waals surface area contributed by atoms with E-state index in [1.807, 2.05) is 0 Å². The summed E-state index contributed by atoms with van der Waals surface area (Å²) in [7, 11) is -3.46. The Hall–Kier alpha value is -0.980. The van der Waals surface area contributed by atoms with Gasteiger partial charge >= 0.3 is 0 Å². The highest BCUT2D eigenvalue weighted by atomic mass is 32.2. The van der Waals surface area contributed by atoms with Crippen molar-refractivity contribution in [2.45, 2.75) is 32.1 Å². The summed E-state index contributed by atoms with van der Waals surface area (Å²) in [6.07, 6.45) is 0.775. The third-order valence-electron chi connectivity index (χ3n) is 2.62. The zero-order valence-electron chi connectivity index (χ0n) is 11.4.